The standard InChI is InChI=1S/C17H19FO3/c1-20-11-13-6-3-4-8-14(13)15(19)10-12-7-5-9-16(21-2)17(12)18/h3-9,15,19H,10-11H2,1-2H3. The first-order valence-electron chi connectivity index (χ1n) is 6.73. The van der Waals surface area contributed by atoms with Gasteiger partial charge in [-0.25, -0.2) is 4.39 Å². The Morgan fingerprint density at radius 2 is 1.76 bits per heavy atom. The molecule has 0 heterocycles. The minimum absolute atomic E-state index is 0.184. The summed E-state index contributed by atoms with van der Waals surface area (Å²) in [4.78, 5) is 0. The molecule has 0 saturated carbocycles. The normalized spacial score (nSPS) is 12.2. The summed E-state index contributed by atoms with van der Waals surface area (Å²) in [6, 6.07) is 12.4. The first-order chi connectivity index (χ1) is 10.2. The second kappa shape index (κ2) is 7.20. The van der Waals surface area contributed by atoms with E-state index in [1.807, 2.05) is 24.3 Å². The summed E-state index contributed by atoms with van der Waals surface area (Å²) in [5.74, 6) is -0.242. The number of benzene rings is 2. The lowest BCUT2D eigenvalue weighted by Crippen LogP contribution is -2.07. The summed E-state index contributed by atoms with van der Waals surface area (Å²) >= 11 is 0. The van der Waals surface area contributed by atoms with Gasteiger partial charge in [0.15, 0.2) is 11.6 Å². The molecular weight excluding hydrogens is 271 g/mol. The van der Waals surface area contributed by atoms with Crippen LogP contribution in [0.2, 0.25) is 0 Å². The SMILES string of the molecule is COCc1ccccc1C(O)Cc1cccc(OC)c1F. The van der Waals surface area contributed by atoms with E-state index < -0.39 is 11.9 Å². The lowest BCUT2D eigenvalue weighted by Gasteiger charge is -2.16. The van der Waals surface area contributed by atoms with Gasteiger partial charge in [0.1, 0.15) is 0 Å². The van der Waals surface area contributed by atoms with E-state index in [0.29, 0.717) is 12.2 Å². The molecule has 0 amide bonds. The van der Waals surface area contributed by atoms with Crippen molar-refractivity contribution >= 4 is 0 Å². The molecule has 0 fully saturated rings. The Kier molecular flexibility index (Phi) is 5.31. The Balaban J connectivity index is 2.24. The van der Waals surface area contributed by atoms with Crippen LogP contribution in [0.15, 0.2) is 42.5 Å². The van der Waals surface area contributed by atoms with Crippen molar-refractivity contribution in [3.05, 3.63) is 65.0 Å². The molecular formula is C17H19FO3. The zero-order chi connectivity index (χ0) is 15.2. The summed E-state index contributed by atoms with van der Waals surface area (Å²) in [6.07, 6.45) is -0.609. The predicted octanol–water partition coefficient (Wildman–Crippen LogP) is 3.26. The highest BCUT2D eigenvalue weighted by Gasteiger charge is 2.16. The highest BCUT2D eigenvalue weighted by Crippen LogP contribution is 2.27. The maximum absolute atomic E-state index is 14.1. The molecule has 0 aliphatic carbocycles. The average Bonchev–Trinajstić information content (AvgIpc) is 2.50. The maximum atomic E-state index is 14.1. The van der Waals surface area contributed by atoms with Gasteiger partial charge in [-0.05, 0) is 22.8 Å². The van der Waals surface area contributed by atoms with Crippen LogP contribution in [0.25, 0.3) is 0 Å². The fraction of sp³-hybridized carbons (Fsp3) is 0.294. The Hall–Kier alpha value is -1.91. The van der Waals surface area contributed by atoms with Gasteiger partial charge < -0.3 is 14.6 Å². The molecule has 0 radical (unpaired) electrons. The average molecular weight is 290 g/mol. The molecule has 2 aromatic rings. The third kappa shape index (κ3) is 3.60. The number of halogens is 1. The number of hydrogen-bond donors (Lipinski definition) is 1. The lowest BCUT2D eigenvalue weighted by atomic mass is 9.97. The molecule has 2 aromatic carbocycles. The van der Waals surface area contributed by atoms with Crippen molar-refractivity contribution in [1.29, 1.82) is 0 Å². The second-order valence-corrected chi connectivity index (χ2v) is 4.79. The van der Waals surface area contributed by atoms with Crippen LogP contribution in [0.1, 0.15) is 22.8 Å². The van der Waals surface area contributed by atoms with Crippen molar-refractivity contribution < 1.29 is 19.0 Å². The van der Waals surface area contributed by atoms with E-state index in [9.17, 15) is 9.50 Å². The fourth-order valence-electron chi connectivity index (χ4n) is 2.34. The van der Waals surface area contributed by atoms with Gasteiger partial charge in [-0.15, -0.1) is 0 Å². The number of hydrogen-bond acceptors (Lipinski definition) is 3. The molecule has 1 atom stereocenters. The third-order valence-electron chi connectivity index (χ3n) is 3.39. The number of rotatable bonds is 6. The summed E-state index contributed by atoms with van der Waals surface area (Å²) in [5, 5.41) is 10.4. The Bertz CT molecular complexity index is 598. The topological polar surface area (TPSA) is 38.7 Å². The molecule has 0 spiro atoms. The highest BCUT2D eigenvalue weighted by molar-refractivity contribution is 5.34. The number of aliphatic hydroxyl groups is 1. The van der Waals surface area contributed by atoms with Gasteiger partial charge in [-0.2, -0.15) is 0 Å². The highest BCUT2D eigenvalue weighted by atomic mass is 19.1. The van der Waals surface area contributed by atoms with E-state index in [1.165, 1.54) is 7.11 Å². The summed E-state index contributed by atoms with van der Waals surface area (Å²) in [5.41, 5.74) is 2.08. The molecule has 21 heavy (non-hydrogen) atoms. The van der Waals surface area contributed by atoms with Crippen molar-refractivity contribution in [1.82, 2.24) is 0 Å². The van der Waals surface area contributed by atoms with Crippen molar-refractivity contribution in [2.45, 2.75) is 19.1 Å². The Labute approximate surface area is 124 Å². The van der Waals surface area contributed by atoms with E-state index in [1.54, 1.807) is 25.3 Å². The zero-order valence-corrected chi connectivity index (χ0v) is 12.2. The number of ether oxygens (including phenoxy) is 2. The van der Waals surface area contributed by atoms with Gasteiger partial charge in [-0.1, -0.05) is 36.4 Å². The van der Waals surface area contributed by atoms with Crippen molar-refractivity contribution in [2.24, 2.45) is 0 Å². The minimum Gasteiger partial charge on any atom is -0.494 e. The van der Waals surface area contributed by atoms with E-state index in [0.717, 1.165) is 11.1 Å². The first-order valence-corrected chi connectivity index (χ1v) is 6.73. The molecule has 0 aromatic heterocycles. The molecule has 1 unspecified atom stereocenters. The molecule has 0 aliphatic heterocycles. The predicted molar refractivity (Wildman–Crippen MR) is 78.8 cm³/mol. The molecule has 4 heteroatoms. The van der Waals surface area contributed by atoms with Crippen LogP contribution in [0.5, 0.6) is 5.75 Å². The first kappa shape index (κ1) is 15.5. The van der Waals surface area contributed by atoms with E-state index in [-0.39, 0.29) is 12.2 Å². The van der Waals surface area contributed by atoms with Crippen LogP contribution in [-0.2, 0) is 17.8 Å². The zero-order valence-electron chi connectivity index (χ0n) is 12.2. The van der Waals surface area contributed by atoms with Gasteiger partial charge in [-0.3, -0.25) is 0 Å². The van der Waals surface area contributed by atoms with Crippen LogP contribution in [0.3, 0.4) is 0 Å². The molecule has 2 rings (SSSR count). The fourth-order valence-corrected chi connectivity index (χ4v) is 2.34. The largest absolute Gasteiger partial charge is 0.494 e. The third-order valence-corrected chi connectivity index (χ3v) is 3.39. The van der Waals surface area contributed by atoms with Crippen LogP contribution < -0.4 is 4.74 Å². The lowest BCUT2D eigenvalue weighted by molar-refractivity contribution is 0.160. The maximum Gasteiger partial charge on any atom is 0.168 e. The van der Waals surface area contributed by atoms with E-state index in [4.69, 9.17) is 9.47 Å². The molecule has 0 saturated heterocycles. The quantitative estimate of drug-likeness (QED) is 0.887. The monoisotopic (exact) mass is 290 g/mol. The van der Waals surface area contributed by atoms with Gasteiger partial charge in [0.25, 0.3) is 0 Å². The van der Waals surface area contributed by atoms with Crippen molar-refractivity contribution in [3.8, 4) is 5.75 Å². The Morgan fingerprint density at radius 3 is 2.48 bits per heavy atom. The van der Waals surface area contributed by atoms with E-state index >= 15 is 0 Å². The summed E-state index contributed by atoms with van der Waals surface area (Å²) in [7, 11) is 3.03. The molecule has 1 N–H and O–H groups in total. The molecule has 112 valence electrons. The van der Waals surface area contributed by atoms with Crippen LogP contribution in [-0.4, -0.2) is 19.3 Å². The summed E-state index contributed by atoms with van der Waals surface area (Å²) < 4.78 is 24.2. The smallest absolute Gasteiger partial charge is 0.168 e. The molecule has 0 aliphatic rings. The number of aliphatic hydroxyl groups excluding tert-OH is 1. The van der Waals surface area contributed by atoms with Crippen molar-refractivity contribution in [3.63, 3.8) is 0 Å². The molecule has 0 bridgehead atoms. The Morgan fingerprint density at radius 1 is 1.05 bits per heavy atom. The van der Waals surface area contributed by atoms with Gasteiger partial charge >= 0.3 is 0 Å². The molecule has 3 nitrogen and oxygen atoms in total. The summed E-state index contributed by atoms with van der Waals surface area (Å²) in [6.45, 7) is 0.411. The van der Waals surface area contributed by atoms with E-state index in [2.05, 4.69) is 0 Å². The van der Waals surface area contributed by atoms with Crippen LogP contribution in [0, 0.1) is 5.82 Å². The van der Waals surface area contributed by atoms with Crippen LogP contribution >= 0.6 is 0 Å². The second-order valence-electron chi connectivity index (χ2n) is 4.79. The van der Waals surface area contributed by atoms with Crippen molar-refractivity contribution in [2.75, 3.05) is 14.2 Å². The van der Waals surface area contributed by atoms with Gasteiger partial charge in [0.2, 0.25) is 0 Å². The van der Waals surface area contributed by atoms with Gasteiger partial charge in [0, 0.05) is 13.5 Å². The van der Waals surface area contributed by atoms with Crippen LogP contribution in [0.4, 0.5) is 4.39 Å². The minimum atomic E-state index is -0.794. The van der Waals surface area contributed by atoms with Gasteiger partial charge in [0.05, 0.1) is 19.8 Å². The number of methoxy groups -OCH3 is 2.